The zero-order valence-electron chi connectivity index (χ0n) is 15.9. The smallest absolute Gasteiger partial charge is 0.309 e. The summed E-state index contributed by atoms with van der Waals surface area (Å²) in [6, 6.07) is 7.56. The van der Waals surface area contributed by atoms with Gasteiger partial charge in [0.15, 0.2) is 0 Å². The summed E-state index contributed by atoms with van der Waals surface area (Å²) in [4.78, 5) is 26.0. The van der Waals surface area contributed by atoms with Gasteiger partial charge in [0.25, 0.3) is 5.91 Å². The van der Waals surface area contributed by atoms with Crippen LogP contribution in [0.4, 0.5) is 5.69 Å². The maximum Gasteiger partial charge on any atom is 0.309 e. The molecular weight excluding hydrogens is 346 g/mol. The molecule has 0 bridgehead atoms. The summed E-state index contributed by atoms with van der Waals surface area (Å²) in [6.07, 6.45) is 2.49. The Labute approximate surface area is 159 Å². The van der Waals surface area contributed by atoms with E-state index in [1.165, 1.54) is 6.20 Å². The quantitative estimate of drug-likeness (QED) is 0.469. The number of methoxy groups -OCH3 is 1. The molecule has 1 fully saturated rings. The number of hydrogen-bond donors (Lipinski definition) is 1. The average molecular weight is 371 g/mol. The third-order valence-corrected chi connectivity index (χ3v) is 4.48. The largest absolute Gasteiger partial charge is 0.495 e. The Balaban J connectivity index is 2.02. The first kappa shape index (κ1) is 20.3. The highest BCUT2D eigenvalue weighted by atomic mass is 16.5. The van der Waals surface area contributed by atoms with Crippen LogP contribution in [0.15, 0.2) is 30.0 Å². The van der Waals surface area contributed by atoms with Crippen LogP contribution < -0.4 is 10.1 Å². The number of carbonyl (C=O) groups excluding carboxylic acids is 2. The number of nitrogens with one attached hydrogen (secondary N) is 1. The summed E-state index contributed by atoms with van der Waals surface area (Å²) in [7, 11) is 1.56. The fraction of sp³-hybridized carbons (Fsp3) is 0.450. The maximum atomic E-state index is 12.6. The number of likely N-dealkylation sites (tertiary alicyclic amines) is 1. The van der Waals surface area contributed by atoms with E-state index >= 15 is 0 Å². The van der Waals surface area contributed by atoms with Crippen LogP contribution in [-0.4, -0.2) is 43.6 Å². The Kier molecular flexibility index (Phi) is 7.24. The summed E-state index contributed by atoms with van der Waals surface area (Å²) in [5.41, 5.74) is 1.71. The van der Waals surface area contributed by atoms with E-state index in [0.717, 1.165) is 5.56 Å². The van der Waals surface area contributed by atoms with E-state index in [1.807, 2.05) is 31.2 Å². The third kappa shape index (κ3) is 5.23. The molecule has 144 valence electrons. The highest BCUT2D eigenvalue weighted by Gasteiger charge is 2.29. The summed E-state index contributed by atoms with van der Waals surface area (Å²) in [5.74, 6) is -0.122. The minimum atomic E-state index is -0.348. The van der Waals surface area contributed by atoms with Crippen LogP contribution in [0.5, 0.6) is 5.75 Å². The van der Waals surface area contributed by atoms with Gasteiger partial charge in [-0.1, -0.05) is 6.07 Å². The van der Waals surface area contributed by atoms with Crippen LogP contribution in [-0.2, 0) is 14.3 Å². The highest BCUT2D eigenvalue weighted by Crippen LogP contribution is 2.26. The number of nitrogens with zero attached hydrogens (tertiary/aromatic N) is 2. The molecule has 0 spiro atoms. The molecule has 0 saturated carbocycles. The number of rotatable bonds is 6. The van der Waals surface area contributed by atoms with Gasteiger partial charge in [-0.2, -0.15) is 5.26 Å². The topological polar surface area (TPSA) is 91.7 Å². The lowest BCUT2D eigenvalue weighted by Crippen LogP contribution is -2.41. The number of piperidine rings is 1. The van der Waals surface area contributed by atoms with Gasteiger partial charge in [0, 0.05) is 19.3 Å². The number of hydrogen-bond acceptors (Lipinski definition) is 6. The van der Waals surface area contributed by atoms with Gasteiger partial charge in [-0.05, 0) is 44.4 Å². The molecule has 1 aromatic carbocycles. The number of aryl methyl sites for hydroxylation is 1. The van der Waals surface area contributed by atoms with Crippen molar-refractivity contribution in [2.75, 3.05) is 32.1 Å². The molecule has 1 aromatic rings. The molecule has 1 heterocycles. The molecule has 27 heavy (non-hydrogen) atoms. The molecule has 1 saturated heterocycles. The van der Waals surface area contributed by atoms with E-state index in [1.54, 1.807) is 18.9 Å². The van der Waals surface area contributed by atoms with Gasteiger partial charge in [0.1, 0.15) is 17.4 Å². The molecular formula is C20H25N3O4. The molecule has 7 heteroatoms. The molecule has 0 aliphatic carbocycles. The summed E-state index contributed by atoms with van der Waals surface area (Å²) in [5, 5.41) is 12.4. The van der Waals surface area contributed by atoms with Gasteiger partial charge < -0.3 is 19.7 Å². The average Bonchev–Trinajstić information content (AvgIpc) is 2.68. The Morgan fingerprint density at radius 3 is 2.67 bits per heavy atom. The summed E-state index contributed by atoms with van der Waals surface area (Å²) < 4.78 is 10.3. The number of ether oxygens (including phenoxy) is 2. The molecule has 0 atom stereocenters. The van der Waals surface area contributed by atoms with E-state index in [0.29, 0.717) is 44.0 Å². The van der Waals surface area contributed by atoms with Crippen LogP contribution in [0.25, 0.3) is 0 Å². The lowest BCUT2D eigenvalue weighted by molar-refractivity contribution is -0.150. The Bertz CT molecular complexity index is 759. The number of amides is 1. The van der Waals surface area contributed by atoms with E-state index in [9.17, 15) is 14.9 Å². The molecule has 1 amide bonds. The second-order valence-corrected chi connectivity index (χ2v) is 6.34. The number of benzene rings is 1. The van der Waals surface area contributed by atoms with E-state index in [4.69, 9.17) is 9.47 Å². The first-order valence-corrected chi connectivity index (χ1v) is 8.97. The molecule has 1 aliphatic rings. The predicted octanol–water partition coefficient (Wildman–Crippen LogP) is 2.62. The number of esters is 1. The van der Waals surface area contributed by atoms with Gasteiger partial charge in [0.05, 0.1) is 25.3 Å². The molecule has 0 unspecified atom stereocenters. The van der Waals surface area contributed by atoms with E-state index in [2.05, 4.69) is 5.32 Å². The maximum absolute atomic E-state index is 12.6. The Hall–Kier alpha value is -3.01. The number of carbonyl (C=O) groups is 2. The molecule has 7 nitrogen and oxygen atoms in total. The van der Waals surface area contributed by atoms with Gasteiger partial charge >= 0.3 is 5.97 Å². The van der Waals surface area contributed by atoms with Crippen molar-refractivity contribution >= 4 is 17.6 Å². The van der Waals surface area contributed by atoms with Crippen LogP contribution >= 0.6 is 0 Å². The van der Waals surface area contributed by atoms with Crippen LogP contribution in [0.1, 0.15) is 25.3 Å². The summed E-state index contributed by atoms with van der Waals surface area (Å²) in [6.45, 7) is 4.92. The van der Waals surface area contributed by atoms with Crippen molar-refractivity contribution in [2.45, 2.75) is 26.7 Å². The lowest BCUT2D eigenvalue weighted by atomic mass is 9.96. The zero-order valence-corrected chi connectivity index (χ0v) is 15.9. The van der Waals surface area contributed by atoms with E-state index < -0.39 is 0 Å². The zero-order chi connectivity index (χ0) is 19.8. The van der Waals surface area contributed by atoms with Crippen molar-refractivity contribution < 1.29 is 19.1 Å². The first-order valence-electron chi connectivity index (χ1n) is 8.97. The van der Waals surface area contributed by atoms with Crippen molar-refractivity contribution in [1.82, 2.24) is 4.90 Å². The highest BCUT2D eigenvalue weighted by molar-refractivity contribution is 5.97. The molecule has 0 radical (unpaired) electrons. The van der Waals surface area contributed by atoms with Crippen molar-refractivity contribution in [2.24, 2.45) is 5.92 Å². The second kappa shape index (κ2) is 9.62. The first-order chi connectivity index (χ1) is 13.0. The SMILES string of the molecule is CCOC(=O)C1CCN(C(=O)/C(C#N)=C\Nc2cc(C)ccc2OC)CC1. The van der Waals surface area contributed by atoms with Crippen molar-refractivity contribution in [3.63, 3.8) is 0 Å². The van der Waals surface area contributed by atoms with Crippen molar-refractivity contribution in [3.8, 4) is 11.8 Å². The Morgan fingerprint density at radius 2 is 2.07 bits per heavy atom. The monoisotopic (exact) mass is 371 g/mol. The van der Waals surface area contributed by atoms with Crippen LogP contribution in [0.2, 0.25) is 0 Å². The number of anilines is 1. The fourth-order valence-corrected chi connectivity index (χ4v) is 2.98. The minimum Gasteiger partial charge on any atom is -0.495 e. The van der Waals surface area contributed by atoms with Crippen molar-refractivity contribution in [1.29, 1.82) is 5.26 Å². The normalized spacial score (nSPS) is 15.0. The van der Waals surface area contributed by atoms with Crippen LogP contribution in [0, 0.1) is 24.2 Å². The third-order valence-electron chi connectivity index (χ3n) is 4.48. The molecule has 1 aliphatic heterocycles. The number of nitriles is 1. The van der Waals surface area contributed by atoms with Gasteiger partial charge in [0.2, 0.25) is 0 Å². The van der Waals surface area contributed by atoms with E-state index in [-0.39, 0.29) is 23.4 Å². The van der Waals surface area contributed by atoms with Gasteiger partial charge in [-0.25, -0.2) is 0 Å². The predicted molar refractivity (Wildman–Crippen MR) is 101 cm³/mol. The van der Waals surface area contributed by atoms with Gasteiger partial charge in [-0.3, -0.25) is 9.59 Å². The fourth-order valence-electron chi connectivity index (χ4n) is 2.98. The van der Waals surface area contributed by atoms with Crippen LogP contribution in [0.3, 0.4) is 0 Å². The lowest BCUT2D eigenvalue weighted by Gasteiger charge is -2.30. The molecule has 1 N–H and O–H groups in total. The molecule has 2 rings (SSSR count). The second-order valence-electron chi connectivity index (χ2n) is 6.34. The minimum absolute atomic E-state index is 0.00754. The van der Waals surface area contributed by atoms with Crippen molar-refractivity contribution in [3.05, 3.63) is 35.5 Å². The summed E-state index contributed by atoms with van der Waals surface area (Å²) >= 11 is 0. The Morgan fingerprint density at radius 1 is 1.37 bits per heavy atom. The molecule has 0 aromatic heterocycles. The van der Waals surface area contributed by atoms with Gasteiger partial charge in [-0.15, -0.1) is 0 Å². The standard InChI is InChI=1S/C20H25N3O4/c1-4-27-20(25)15-7-9-23(10-8-15)19(24)16(12-21)13-22-17-11-14(2)5-6-18(17)26-3/h5-6,11,13,15,22H,4,7-10H2,1-3H3/b16-13-.